The second kappa shape index (κ2) is 3.74. The second-order valence-electron chi connectivity index (χ2n) is 5.26. The number of rotatable bonds is 0. The Labute approximate surface area is 101 Å². The summed E-state index contributed by atoms with van der Waals surface area (Å²) in [7, 11) is 0. The lowest BCUT2D eigenvalue weighted by Crippen LogP contribution is -2.12. The van der Waals surface area contributed by atoms with Crippen molar-refractivity contribution in [2.75, 3.05) is 0 Å². The molecule has 1 aromatic heterocycles. The first-order chi connectivity index (χ1) is 7.39. The number of hydrogen-bond donors (Lipinski definition) is 0. The third-order valence-electron chi connectivity index (χ3n) is 2.80. The quantitative estimate of drug-likeness (QED) is 0.611. The molecule has 0 amide bonds. The largest absolute Gasteiger partial charge is 0.244 e. The van der Waals surface area contributed by atoms with Crippen LogP contribution in [-0.2, 0) is 5.41 Å². The average molecular weight is 234 g/mol. The minimum atomic E-state index is 0.0884. The molecule has 0 saturated heterocycles. The maximum absolute atomic E-state index is 6.14. The van der Waals surface area contributed by atoms with Crippen LogP contribution < -0.4 is 0 Å². The molecule has 1 aromatic carbocycles. The Bertz CT molecular complexity index is 538. The van der Waals surface area contributed by atoms with E-state index < -0.39 is 0 Å². The second-order valence-corrected chi connectivity index (χ2v) is 5.62. The fraction of sp³-hybridized carbons (Fsp3) is 0.357. The first-order valence-electron chi connectivity index (χ1n) is 5.45. The number of pyridine rings is 1. The number of aromatic nitrogens is 1. The van der Waals surface area contributed by atoms with Gasteiger partial charge in [-0.1, -0.05) is 50.1 Å². The van der Waals surface area contributed by atoms with Crippen LogP contribution in [0.25, 0.3) is 10.8 Å². The first kappa shape index (κ1) is 11.4. The van der Waals surface area contributed by atoms with Crippen molar-refractivity contribution in [3.8, 4) is 0 Å². The zero-order chi connectivity index (χ0) is 11.9. The average Bonchev–Trinajstić information content (AvgIpc) is 2.17. The lowest BCUT2D eigenvalue weighted by molar-refractivity contribution is 0.593. The molecule has 0 aliphatic carbocycles. The van der Waals surface area contributed by atoms with Gasteiger partial charge in [-0.05, 0) is 29.4 Å². The van der Waals surface area contributed by atoms with Crippen LogP contribution in [0, 0.1) is 6.92 Å². The number of aryl methyl sites for hydroxylation is 1. The SMILES string of the molecule is Cc1ccc2c(C(C)(C)C)cnc(Cl)c2c1. The molecular weight excluding hydrogens is 218 g/mol. The molecule has 0 bridgehead atoms. The highest BCUT2D eigenvalue weighted by Crippen LogP contribution is 2.32. The van der Waals surface area contributed by atoms with Gasteiger partial charge in [0, 0.05) is 11.6 Å². The Hall–Kier alpha value is -1.08. The zero-order valence-electron chi connectivity index (χ0n) is 10.1. The van der Waals surface area contributed by atoms with E-state index in [4.69, 9.17) is 11.6 Å². The molecule has 0 saturated carbocycles. The van der Waals surface area contributed by atoms with Crippen molar-refractivity contribution >= 4 is 22.4 Å². The van der Waals surface area contributed by atoms with Crippen molar-refractivity contribution in [2.45, 2.75) is 33.1 Å². The normalized spacial score (nSPS) is 12.1. The molecule has 0 unspecified atom stereocenters. The van der Waals surface area contributed by atoms with E-state index in [2.05, 4.69) is 50.9 Å². The molecule has 0 aliphatic heterocycles. The molecule has 16 heavy (non-hydrogen) atoms. The third-order valence-corrected chi connectivity index (χ3v) is 3.10. The summed E-state index contributed by atoms with van der Waals surface area (Å²) in [5.74, 6) is 0. The third kappa shape index (κ3) is 1.92. The first-order valence-corrected chi connectivity index (χ1v) is 5.83. The van der Waals surface area contributed by atoms with Crippen LogP contribution in [0.15, 0.2) is 24.4 Å². The summed E-state index contributed by atoms with van der Waals surface area (Å²) in [6, 6.07) is 6.35. The topological polar surface area (TPSA) is 12.9 Å². The Balaban J connectivity index is 2.85. The van der Waals surface area contributed by atoms with Crippen LogP contribution in [0.5, 0.6) is 0 Å². The maximum atomic E-state index is 6.14. The molecule has 1 nitrogen and oxygen atoms in total. The Kier molecular flexibility index (Phi) is 2.67. The van der Waals surface area contributed by atoms with Crippen LogP contribution in [0.4, 0.5) is 0 Å². The Morgan fingerprint density at radius 3 is 2.44 bits per heavy atom. The van der Waals surface area contributed by atoms with Crippen molar-refractivity contribution in [3.63, 3.8) is 0 Å². The van der Waals surface area contributed by atoms with E-state index in [-0.39, 0.29) is 5.41 Å². The highest BCUT2D eigenvalue weighted by molar-refractivity contribution is 6.34. The van der Waals surface area contributed by atoms with Gasteiger partial charge in [0.2, 0.25) is 0 Å². The molecular formula is C14H16ClN. The number of halogens is 1. The molecule has 2 rings (SSSR count). The van der Waals surface area contributed by atoms with Crippen LogP contribution in [-0.4, -0.2) is 4.98 Å². The minimum Gasteiger partial charge on any atom is -0.244 e. The van der Waals surface area contributed by atoms with E-state index in [1.54, 1.807) is 0 Å². The van der Waals surface area contributed by atoms with Crippen molar-refractivity contribution in [1.29, 1.82) is 0 Å². The van der Waals surface area contributed by atoms with Gasteiger partial charge in [0.15, 0.2) is 0 Å². The van der Waals surface area contributed by atoms with Gasteiger partial charge in [-0.2, -0.15) is 0 Å². The van der Waals surface area contributed by atoms with Crippen LogP contribution in [0.1, 0.15) is 31.9 Å². The number of nitrogens with zero attached hydrogens (tertiary/aromatic N) is 1. The number of hydrogen-bond acceptors (Lipinski definition) is 1. The molecule has 0 aliphatic rings. The smallest absolute Gasteiger partial charge is 0.136 e. The fourth-order valence-electron chi connectivity index (χ4n) is 1.92. The van der Waals surface area contributed by atoms with E-state index >= 15 is 0 Å². The Morgan fingerprint density at radius 2 is 1.81 bits per heavy atom. The molecule has 2 heteroatoms. The highest BCUT2D eigenvalue weighted by Gasteiger charge is 2.18. The zero-order valence-corrected chi connectivity index (χ0v) is 10.9. The summed E-state index contributed by atoms with van der Waals surface area (Å²) in [5.41, 5.74) is 2.54. The molecule has 84 valence electrons. The van der Waals surface area contributed by atoms with Crippen molar-refractivity contribution in [3.05, 3.63) is 40.7 Å². The van der Waals surface area contributed by atoms with Gasteiger partial charge in [0.25, 0.3) is 0 Å². The van der Waals surface area contributed by atoms with Gasteiger partial charge in [0.1, 0.15) is 5.15 Å². The van der Waals surface area contributed by atoms with E-state index in [1.807, 2.05) is 6.20 Å². The molecule has 2 aromatic rings. The molecule has 0 spiro atoms. The minimum absolute atomic E-state index is 0.0884. The molecule has 1 heterocycles. The standard InChI is InChI=1S/C14H16ClN/c1-9-5-6-10-11(7-9)13(15)16-8-12(10)14(2,3)4/h5-8H,1-4H3. The summed E-state index contributed by atoms with van der Waals surface area (Å²) < 4.78 is 0. The lowest BCUT2D eigenvalue weighted by Gasteiger charge is -2.21. The van der Waals surface area contributed by atoms with Crippen LogP contribution >= 0.6 is 11.6 Å². The van der Waals surface area contributed by atoms with Gasteiger partial charge in [-0.3, -0.25) is 0 Å². The Morgan fingerprint density at radius 1 is 1.12 bits per heavy atom. The van der Waals surface area contributed by atoms with Crippen molar-refractivity contribution in [2.24, 2.45) is 0 Å². The van der Waals surface area contributed by atoms with Gasteiger partial charge in [-0.15, -0.1) is 0 Å². The lowest BCUT2D eigenvalue weighted by atomic mass is 9.85. The van der Waals surface area contributed by atoms with Gasteiger partial charge in [-0.25, -0.2) is 4.98 Å². The highest BCUT2D eigenvalue weighted by atomic mass is 35.5. The van der Waals surface area contributed by atoms with Crippen molar-refractivity contribution in [1.82, 2.24) is 4.98 Å². The molecule has 0 atom stereocenters. The summed E-state index contributed by atoms with van der Waals surface area (Å²) in [5, 5.41) is 2.85. The van der Waals surface area contributed by atoms with E-state index in [0.29, 0.717) is 5.15 Å². The van der Waals surface area contributed by atoms with Gasteiger partial charge < -0.3 is 0 Å². The summed E-state index contributed by atoms with van der Waals surface area (Å²) in [6.07, 6.45) is 1.89. The van der Waals surface area contributed by atoms with Crippen molar-refractivity contribution < 1.29 is 0 Å². The maximum Gasteiger partial charge on any atom is 0.136 e. The molecule has 0 radical (unpaired) electrons. The van der Waals surface area contributed by atoms with E-state index in [9.17, 15) is 0 Å². The number of fused-ring (bicyclic) bond motifs is 1. The molecule has 0 N–H and O–H groups in total. The van der Waals surface area contributed by atoms with Crippen LogP contribution in [0.2, 0.25) is 5.15 Å². The van der Waals surface area contributed by atoms with E-state index in [0.717, 1.165) is 5.39 Å². The number of benzene rings is 1. The predicted molar refractivity (Wildman–Crippen MR) is 70.2 cm³/mol. The van der Waals surface area contributed by atoms with Gasteiger partial charge in [0.05, 0.1) is 0 Å². The van der Waals surface area contributed by atoms with Gasteiger partial charge >= 0.3 is 0 Å². The van der Waals surface area contributed by atoms with Crippen LogP contribution in [0.3, 0.4) is 0 Å². The monoisotopic (exact) mass is 233 g/mol. The fourth-order valence-corrected chi connectivity index (χ4v) is 2.13. The predicted octanol–water partition coefficient (Wildman–Crippen LogP) is 4.49. The van der Waals surface area contributed by atoms with E-state index in [1.165, 1.54) is 16.5 Å². The molecule has 0 fully saturated rings. The summed E-state index contributed by atoms with van der Waals surface area (Å²) in [4.78, 5) is 4.28. The summed E-state index contributed by atoms with van der Waals surface area (Å²) >= 11 is 6.14. The summed E-state index contributed by atoms with van der Waals surface area (Å²) in [6.45, 7) is 8.64.